The molecule has 1 rings (SSSR count). The first kappa shape index (κ1) is 11.3. The Labute approximate surface area is 92.0 Å². The van der Waals surface area contributed by atoms with Crippen molar-refractivity contribution in [3.8, 4) is 0 Å². The van der Waals surface area contributed by atoms with Crippen molar-refractivity contribution in [3.63, 3.8) is 0 Å². The SMILES string of the molecule is C=C=C(C(=C)C(=C)C)c1ccccc1C. The number of rotatable bonds is 3. The Balaban J connectivity index is 3.28. The van der Waals surface area contributed by atoms with E-state index < -0.39 is 0 Å². The summed E-state index contributed by atoms with van der Waals surface area (Å²) in [5.41, 5.74) is 8.07. The van der Waals surface area contributed by atoms with Crippen molar-refractivity contribution in [3.05, 3.63) is 72.0 Å². The molecule has 0 fully saturated rings. The quantitative estimate of drug-likeness (QED) is 0.499. The van der Waals surface area contributed by atoms with Crippen LogP contribution in [0.3, 0.4) is 0 Å². The first-order valence-corrected chi connectivity index (χ1v) is 4.89. The van der Waals surface area contributed by atoms with Gasteiger partial charge in [0, 0.05) is 5.57 Å². The van der Waals surface area contributed by atoms with Gasteiger partial charge >= 0.3 is 0 Å². The van der Waals surface area contributed by atoms with Gasteiger partial charge in [0.15, 0.2) is 0 Å². The van der Waals surface area contributed by atoms with Gasteiger partial charge in [0.05, 0.1) is 0 Å². The average Bonchev–Trinajstić information content (AvgIpc) is 2.21. The predicted molar refractivity (Wildman–Crippen MR) is 67.7 cm³/mol. The summed E-state index contributed by atoms with van der Waals surface area (Å²) in [4.78, 5) is 0. The van der Waals surface area contributed by atoms with Crippen molar-refractivity contribution in [1.82, 2.24) is 0 Å². The molecule has 0 heteroatoms. The van der Waals surface area contributed by atoms with Crippen LogP contribution in [0.2, 0.25) is 0 Å². The maximum atomic E-state index is 4.00. The summed E-state index contributed by atoms with van der Waals surface area (Å²) in [7, 11) is 0. The Morgan fingerprint density at radius 2 is 1.80 bits per heavy atom. The minimum Gasteiger partial charge on any atom is -0.120 e. The maximum Gasteiger partial charge on any atom is 0.0302 e. The van der Waals surface area contributed by atoms with Crippen LogP contribution in [0.15, 0.2) is 60.9 Å². The molecule has 0 aliphatic heterocycles. The van der Waals surface area contributed by atoms with E-state index in [1.165, 1.54) is 5.56 Å². The van der Waals surface area contributed by atoms with E-state index in [-0.39, 0.29) is 0 Å². The average molecular weight is 196 g/mol. The second-order valence-electron chi connectivity index (χ2n) is 3.63. The zero-order chi connectivity index (χ0) is 11.4. The fourth-order valence-corrected chi connectivity index (χ4v) is 1.43. The van der Waals surface area contributed by atoms with Gasteiger partial charge in [-0.25, -0.2) is 0 Å². The van der Waals surface area contributed by atoms with Crippen LogP contribution in [0.25, 0.3) is 5.57 Å². The molecule has 0 saturated heterocycles. The van der Waals surface area contributed by atoms with Crippen molar-refractivity contribution in [1.29, 1.82) is 0 Å². The van der Waals surface area contributed by atoms with E-state index in [0.717, 1.165) is 22.3 Å². The standard InChI is InChI=1S/C15H16/c1-6-14(13(5)11(2)3)15-10-8-7-9-12(15)4/h7-10H,1-2,5H2,3-4H3. The van der Waals surface area contributed by atoms with Crippen LogP contribution in [0, 0.1) is 6.92 Å². The lowest BCUT2D eigenvalue weighted by Gasteiger charge is -2.11. The molecule has 0 unspecified atom stereocenters. The molecule has 0 atom stereocenters. The number of aryl methyl sites for hydroxylation is 1. The molecule has 76 valence electrons. The number of hydrogen-bond acceptors (Lipinski definition) is 0. The minimum absolute atomic E-state index is 0.902. The summed E-state index contributed by atoms with van der Waals surface area (Å²) < 4.78 is 0. The van der Waals surface area contributed by atoms with Gasteiger partial charge in [0.25, 0.3) is 0 Å². The molecular formula is C15H16. The molecule has 0 aliphatic rings. The fourth-order valence-electron chi connectivity index (χ4n) is 1.43. The van der Waals surface area contributed by atoms with E-state index >= 15 is 0 Å². The Bertz CT molecular complexity index is 455. The molecule has 1 aromatic rings. The summed E-state index contributed by atoms with van der Waals surface area (Å²) in [5.74, 6) is 0. The molecule has 1 aromatic carbocycles. The summed E-state index contributed by atoms with van der Waals surface area (Å²) >= 11 is 0. The number of benzene rings is 1. The monoisotopic (exact) mass is 196 g/mol. The Hall–Kier alpha value is -1.78. The zero-order valence-electron chi connectivity index (χ0n) is 9.43. The third kappa shape index (κ3) is 2.37. The van der Waals surface area contributed by atoms with E-state index in [1.807, 2.05) is 19.1 Å². The van der Waals surface area contributed by atoms with Crippen molar-refractivity contribution in [2.75, 3.05) is 0 Å². The van der Waals surface area contributed by atoms with Crippen LogP contribution in [0.1, 0.15) is 18.1 Å². The summed E-state index contributed by atoms with van der Waals surface area (Å²) in [5, 5.41) is 0. The molecule has 0 saturated carbocycles. The van der Waals surface area contributed by atoms with E-state index in [9.17, 15) is 0 Å². The molecule has 0 spiro atoms. The van der Waals surface area contributed by atoms with Gasteiger partial charge in [-0.1, -0.05) is 49.6 Å². The van der Waals surface area contributed by atoms with Crippen LogP contribution < -0.4 is 0 Å². The van der Waals surface area contributed by atoms with Gasteiger partial charge in [-0.15, -0.1) is 5.73 Å². The highest BCUT2D eigenvalue weighted by atomic mass is 14.1. The first-order valence-electron chi connectivity index (χ1n) is 4.89. The maximum absolute atomic E-state index is 4.00. The first-order chi connectivity index (χ1) is 7.07. The number of allylic oxidation sites excluding steroid dienone is 3. The summed E-state index contributed by atoms with van der Waals surface area (Å²) in [6.07, 6.45) is 0. The van der Waals surface area contributed by atoms with E-state index in [0.29, 0.717) is 0 Å². The molecule has 0 nitrogen and oxygen atoms in total. The van der Waals surface area contributed by atoms with Gasteiger partial charge in [-0.05, 0) is 30.5 Å². The Morgan fingerprint density at radius 1 is 1.20 bits per heavy atom. The van der Waals surface area contributed by atoms with Crippen LogP contribution >= 0.6 is 0 Å². The van der Waals surface area contributed by atoms with Gasteiger partial charge in [-0.2, -0.15) is 0 Å². The van der Waals surface area contributed by atoms with Crippen LogP contribution in [0.5, 0.6) is 0 Å². The van der Waals surface area contributed by atoms with Gasteiger partial charge < -0.3 is 0 Å². The highest BCUT2D eigenvalue weighted by Crippen LogP contribution is 2.27. The fraction of sp³-hybridized carbons (Fsp3) is 0.133. The lowest BCUT2D eigenvalue weighted by molar-refractivity contribution is 1.39. The molecule has 0 bridgehead atoms. The van der Waals surface area contributed by atoms with E-state index in [2.05, 4.69) is 44.5 Å². The Morgan fingerprint density at radius 3 is 2.27 bits per heavy atom. The molecule has 0 aliphatic carbocycles. The lowest BCUT2D eigenvalue weighted by atomic mass is 9.93. The largest absolute Gasteiger partial charge is 0.120 e. The van der Waals surface area contributed by atoms with E-state index in [1.54, 1.807) is 0 Å². The summed E-state index contributed by atoms with van der Waals surface area (Å²) in [6.45, 7) is 15.6. The van der Waals surface area contributed by atoms with Crippen LogP contribution in [-0.4, -0.2) is 0 Å². The molecule has 0 heterocycles. The van der Waals surface area contributed by atoms with Gasteiger partial charge in [-0.3, -0.25) is 0 Å². The highest BCUT2D eigenvalue weighted by molar-refractivity contribution is 5.83. The lowest BCUT2D eigenvalue weighted by Crippen LogP contribution is -1.91. The van der Waals surface area contributed by atoms with Gasteiger partial charge in [0.2, 0.25) is 0 Å². The molecule has 15 heavy (non-hydrogen) atoms. The second kappa shape index (κ2) is 4.63. The third-order valence-corrected chi connectivity index (χ3v) is 2.41. The second-order valence-corrected chi connectivity index (χ2v) is 3.63. The van der Waals surface area contributed by atoms with Crippen molar-refractivity contribution >= 4 is 5.57 Å². The van der Waals surface area contributed by atoms with Crippen LogP contribution in [0.4, 0.5) is 0 Å². The Kier molecular flexibility index (Phi) is 3.49. The molecule has 0 N–H and O–H groups in total. The summed E-state index contributed by atoms with van der Waals surface area (Å²) in [6, 6.07) is 8.14. The highest BCUT2D eigenvalue weighted by Gasteiger charge is 2.07. The third-order valence-electron chi connectivity index (χ3n) is 2.41. The predicted octanol–water partition coefficient (Wildman–Crippen LogP) is 4.30. The molecule has 0 amide bonds. The molecule has 0 radical (unpaired) electrons. The number of hydrogen-bond donors (Lipinski definition) is 0. The molecular weight excluding hydrogens is 180 g/mol. The van der Waals surface area contributed by atoms with Crippen molar-refractivity contribution in [2.45, 2.75) is 13.8 Å². The molecule has 0 aromatic heterocycles. The zero-order valence-corrected chi connectivity index (χ0v) is 9.43. The smallest absolute Gasteiger partial charge is 0.0302 e. The topological polar surface area (TPSA) is 0 Å². The minimum atomic E-state index is 0.902. The van der Waals surface area contributed by atoms with E-state index in [4.69, 9.17) is 0 Å². The van der Waals surface area contributed by atoms with Crippen molar-refractivity contribution in [2.24, 2.45) is 0 Å². The van der Waals surface area contributed by atoms with Crippen LogP contribution in [-0.2, 0) is 0 Å². The normalized spacial score (nSPS) is 9.20. The van der Waals surface area contributed by atoms with Gasteiger partial charge in [0.1, 0.15) is 0 Å². The van der Waals surface area contributed by atoms with Crippen molar-refractivity contribution < 1.29 is 0 Å².